The van der Waals surface area contributed by atoms with Gasteiger partial charge in [0.1, 0.15) is 0 Å². The third-order valence-corrected chi connectivity index (χ3v) is 3.51. The van der Waals surface area contributed by atoms with E-state index < -0.39 is 0 Å². The van der Waals surface area contributed by atoms with E-state index >= 15 is 0 Å². The predicted octanol–water partition coefficient (Wildman–Crippen LogP) is 4.38. The molecule has 4 aromatic rings. The summed E-state index contributed by atoms with van der Waals surface area (Å²) in [6.07, 6.45) is 3.73. The average Bonchev–Trinajstić information content (AvgIpc) is 2.86. The van der Waals surface area contributed by atoms with Crippen LogP contribution >= 0.6 is 0 Å². The summed E-state index contributed by atoms with van der Waals surface area (Å²) in [4.78, 5) is 7.64. The first-order valence-corrected chi connectivity index (χ1v) is 6.33. The third kappa shape index (κ3) is 1.61. The van der Waals surface area contributed by atoms with E-state index in [4.69, 9.17) is 0 Å². The molecule has 0 atom stereocenters. The number of H-pyrrole nitrogens is 1. The quantitative estimate of drug-likeness (QED) is 0.528. The van der Waals surface area contributed by atoms with Crippen molar-refractivity contribution < 1.29 is 0 Å². The molecule has 0 aliphatic carbocycles. The average molecular weight is 244 g/mol. The Morgan fingerprint density at radius 1 is 0.737 bits per heavy atom. The van der Waals surface area contributed by atoms with Gasteiger partial charge in [-0.25, -0.2) is 0 Å². The molecule has 0 fully saturated rings. The highest BCUT2D eigenvalue weighted by Crippen LogP contribution is 2.28. The zero-order valence-corrected chi connectivity index (χ0v) is 10.3. The molecule has 90 valence electrons. The summed E-state index contributed by atoms with van der Waals surface area (Å²) in [6.45, 7) is 0. The lowest BCUT2D eigenvalue weighted by molar-refractivity contribution is 1.36. The van der Waals surface area contributed by atoms with Crippen LogP contribution in [-0.2, 0) is 0 Å². The van der Waals surface area contributed by atoms with Gasteiger partial charge in [-0.1, -0.05) is 42.5 Å². The van der Waals surface area contributed by atoms with Gasteiger partial charge >= 0.3 is 0 Å². The molecular weight excluding hydrogens is 232 g/mol. The summed E-state index contributed by atoms with van der Waals surface area (Å²) in [6, 6.07) is 19.0. The van der Waals surface area contributed by atoms with Crippen LogP contribution in [0.15, 0.2) is 67.0 Å². The van der Waals surface area contributed by atoms with E-state index in [1.165, 1.54) is 21.9 Å². The smallest absolute Gasteiger partial charge is 0.0495 e. The first-order chi connectivity index (χ1) is 9.42. The fourth-order valence-electron chi connectivity index (χ4n) is 2.56. The molecule has 0 radical (unpaired) electrons. The number of aromatic nitrogens is 2. The van der Waals surface area contributed by atoms with Crippen LogP contribution in [0.5, 0.6) is 0 Å². The first kappa shape index (κ1) is 10.3. The molecular formula is C17H12N2. The lowest BCUT2D eigenvalue weighted by atomic mass is 10.0. The zero-order chi connectivity index (χ0) is 12.7. The van der Waals surface area contributed by atoms with Gasteiger partial charge in [0.15, 0.2) is 0 Å². The van der Waals surface area contributed by atoms with Crippen molar-refractivity contribution in [1.29, 1.82) is 0 Å². The molecule has 0 unspecified atom stereocenters. The van der Waals surface area contributed by atoms with Gasteiger partial charge in [0.2, 0.25) is 0 Å². The summed E-state index contributed by atoms with van der Waals surface area (Å²) in [7, 11) is 0. The van der Waals surface area contributed by atoms with Crippen molar-refractivity contribution in [3.8, 4) is 11.1 Å². The van der Waals surface area contributed by atoms with E-state index in [9.17, 15) is 0 Å². The molecule has 0 saturated heterocycles. The van der Waals surface area contributed by atoms with Crippen molar-refractivity contribution in [3.05, 3.63) is 67.0 Å². The molecule has 0 bridgehead atoms. The molecule has 2 aromatic heterocycles. The topological polar surface area (TPSA) is 28.7 Å². The lowest BCUT2D eigenvalue weighted by Crippen LogP contribution is -1.77. The summed E-state index contributed by atoms with van der Waals surface area (Å²) in [5.41, 5.74) is 4.76. The highest BCUT2D eigenvalue weighted by atomic mass is 14.7. The summed E-state index contributed by atoms with van der Waals surface area (Å²) in [5.74, 6) is 0. The number of nitrogens with one attached hydrogen (secondary N) is 1. The summed E-state index contributed by atoms with van der Waals surface area (Å²) >= 11 is 0. The molecule has 19 heavy (non-hydrogen) atoms. The predicted molar refractivity (Wildman–Crippen MR) is 79.0 cm³/mol. The molecule has 0 amide bonds. The van der Waals surface area contributed by atoms with Crippen molar-refractivity contribution in [1.82, 2.24) is 9.97 Å². The number of hydrogen-bond donors (Lipinski definition) is 1. The molecule has 0 aliphatic rings. The maximum atomic E-state index is 4.20. The van der Waals surface area contributed by atoms with Crippen LogP contribution < -0.4 is 0 Å². The molecule has 0 saturated carbocycles. The Labute approximate surface area is 110 Å². The minimum atomic E-state index is 1.13. The highest BCUT2D eigenvalue weighted by molar-refractivity contribution is 6.07. The van der Waals surface area contributed by atoms with E-state index in [0.29, 0.717) is 0 Å². The largest absolute Gasteiger partial charge is 0.354 e. The Kier molecular flexibility index (Phi) is 2.15. The maximum absolute atomic E-state index is 4.20. The van der Waals surface area contributed by atoms with Gasteiger partial charge in [-0.3, -0.25) is 4.98 Å². The molecule has 0 aliphatic heterocycles. The van der Waals surface area contributed by atoms with Gasteiger partial charge in [0, 0.05) is 34.2 Å². The molecule has 2 heteroatoms. The summed E-state index contributed by atoms with van der Waals surface area (Å²) in [5, 5.41) is 2.40. The van der Waals surface area contributed by atoms with Crippen molar-refractivity contribution >= 4 is 21.8 Å². The van der Waals surface area contributed by atoms with E-state index in [1.807, 2.05) is 24.5 Å². The van der Waals surface area contributed by atoms with Crippen LogP contribution in [0.2, 0.25) is 0 Å². The Morgan fingerprint density at radius 2 is 1.63 bits per heavy atom. The highest BCUT2D eigenvalue weighted by Gasteiger charge is 2.05. The second kappa shape index (κ2) is 3.95. The second-order valence-electron chi connectivity index (χ2n) is 4.67. The normalized spacial score (nSPS) is 11.2. The van der Waals surface area contributed by atoms with Crippen molar-refractivity contribution in [2.45, 2.75) is 0 Å². The number of hydrogen-bond acceptors (Lipinski definition) is 1. The fraction of sp³-hybridized carbons (Fsp3) is 0. The zero-order valence-electron chi connectivity index (χ0n) is 10.3. The Balaban J connectivity index is 1.99. The van der Waals surface area contributed by atoms with Gasteiger partial charge in [0.25, 0.3) is 0 Å². The minimum Gasteiger partial charge on any atom is -0.354 e. The Hall–Kier alpha value is -2.61. The SMILES string of the molecule is c1ccc(-c2ccc3c(c2)[nH]c2ccncc23)cc1. The van der Waals surface area contributed by atoms with Crippen LogP contribution in [0, 0.1) is 0 Å². The van der Waals surface area contributed by atoms with E-state index in [-0.39, 0.29) is 0 Å². The number of benzene rings is 2. The maximum Gasteiger partial charge on any atom is 0.0495 e. The van der Waals surface area contributed by atoms with Crippen molar-refractivity contribution in [2.24, 2.45) is 0 Å². The van der Waals surface area contributed by atoms with Crippen LogP contribution in [0.1, 0.15) is 0 Å². The van der Waals surface area contributed by atoms with E-state index in [0.717, 1.165) is 11.0 Å². The lowest BCUT2D eigenvalue weighted by Gasteiger charge is -2.01. The van der Waals surface area contributed by atoms with E-state index in [2.05, 4.69) is 52.4 Å². The standard InChI is InChI=1S/C17H12N2/c1-2-4-12(5-3-1)13-6-7-14-15-11-18-9-8-16(15)19-17(14)10-13/h1-11,19H. The van der Waals surface area contributed by atoms with Crippen LogP contribution in [0.3, 0.4) is 0 Å². The van der Waals surface area contributed by atoms with Gasteiger partial charge in [-0.05, 0) is 23.3 Å². The van der Waals surface area contributed by atoms with Crippen LogP contribution in [-0.4, -0.2) is 9.97 Å². The van der Waals surface area contributed by atoms with Crippen LogP contribution in [0.25, 0.3) is 32.9 Å². The Bertz CT molecular complexity index is 860. The molecule has 4 rings (SSSR count). The number of fused-ring (bicyclic) bond motifs is 3. The molecule has 2 heterocycles. The molecule has 0 spiro atoms. The Morgan fingerprint density at radius 3 is 2.53 bits per heavy atom. The van der Waals surface area contributed by atoms with Gasteiger partial charge < -0.3 is 4.98 Å². The first-order valence-electron chi connectivity index (χ1n) is 6.33. The van der Waals surface area contributed by atoms with E-state index in [1.54, 1.807) is 0 Å². The minimum absolute atomic E-state index is 1.13. The van der Waals surface area contributed by atoms with Gasteiger partial charge in [0.05, 0.1) is 0 Å². The molecule has 1 N–H and O–H groups in total. The second-order valence-corrected chi connectivity index (χ2v) is 4.67. The molecule has 2 aromatic carbocycles. The van der Waals surface area contributed by atoms with Crippen molar-refractivity contribution in [3.63, 3.8) is 0 Å². The van der Waals surface area contributed by atoms with Gasteiger partial charge in [-0.2, -0.15) is 0 Å². The summed E-state index contributed by atoms with van der Waals surface area (Å²) < 4.78 is 0. The number of rotatable bonds is 1. The van der Waals surface area contributed by atoms with Gasteiger partial charge in [-0.15, -0.1) is 0 Å². The number of aromatic amines is 1. The monoisotopic (exact) mass is 244 g/mol. The fourth-order valence-corrected chi connectivity index (χ4v) is 2.56. The molecule has 2 nitrogen and oxygen atoms in total. The number of pyridine rings is 1. The third-order valence-electron chi connectivity index (χ3n) is 3.51. The van der Waals surface area contributed by atoms with Crippen molar-refractivity contribution in [2.75, 3.05) is 0 Å². The van der Waals surface area contributed by atoms with Crippen LogP contribution in [0.4, 0.5) is 0 Å². The number of nitrogens with zero attached hydrogens (tertiary/aromatic N) is 1.